The molecule has 0 aliphatic carbocycles. The highest BCUT2D eigenvalue weighted by molar-refractivity contribution is 6.42. The summed E-state index contributed by atoms with van der Waals surface area (Å²) in [7, 11) is 1.34. The zero-order valence-corrected chi connectivity index (χ0v) is 12.2. The molecular formula is C15H11Cl2NO2. The second-order valence-electron chi connectivity index (χ2n) is 3.94. The Bertz CT molecular complexity index is 669. The molecule has 0 N–H and O–H groups in total. The molecule has 0 aliphatic heterocycles. The molecule has 2 aromatic carbocycles. The average Bonchev–Trinajstić information content (AvgIpc) is 2.48. The lowest BCUT2D eigenvalue weighted by Gasteiger charge is -2.03. The Hall–Kier alpha value is -1.84. The molecule has 5 heteroatoms. The van der Waals surface area contributed by atoms with Crippen LogP contribution in [0.4, 0.5) is 5.69 Å². The largest absolute Gasteiger partial charge is 0.465 e. The van der Waals surface area contributed by atoms with E-state index in [0.29, 0.717) is 26.9 Å². The van der Waals surface area contributed by atoms with Crippen LogP contribution in [0.15, 0.2) is 47.5 Å². The zero-order valence-electron chi connectivity index (χ0n) is 10.6. The van der Waals surface area contributed by atoms with E-state index in [1.165, 1.54) is 7.11 Å². The minimum Gasteiger partial charge on any atom is -0.465 e. The van der Waals surface area contributed by atoms with E-state index in [-0.39, 0.29) is 0 Å². The van der Waals surface area contributed by atoms with E-state index in [1.54, 1.807) is 42.6 Å². The number of esters is 1. The van der Waals surface area contributed by atoms with Crippen LogP contribution in [-0.2, 0) is 4.74 Å². The average molecular weight is 308 g/mol. The second-order valence-corrected chi connectivity index (χ2v) is 4.75. The van der Waals surface area contributed by atoms with Crippen molar-refractivity contribution < 1.29 is 9.53 Å². The Balaban J connectivity index is 2.31. The molecule has 0 radical (unpaired) electrons. The molecule has 20 heavy (non-hydrogen) atoms. The van der Waals surface area contributed by atoms with Gasteiger partial charge in [0.05, 0.1) is 28.4 Å². The Kier molecular flexibility index (Phi) is 4.77. The Morgan fingerprint density at radius 3 is 2.60 bits per heavy atom. The highest BCUT2D eigenvalue weighted by Gasteiger charge is 2.09. The highest BCUT2D eigenvalue weighted by Crippen LogP contribution is 2.26. The third kappa shape index (κ3) is 3.38. The van der Waals surface area contributed by atoms with Crippen LogP contribution in [0, 0.1) is 0 Å². The summed E-state index contributed by atoms with van der Waals surface area (Å²) in [6.45, 7) is 0. The summed E-state index contributed by atoms with van der Waals surface area (Å²) >= 11 is 11.8. The van der Waals surface area contributed by atoms with Crippen LogP contribution in [0.5, 0.6) is 0 Å². The van der Waals surface area contributed by atoms with E-state index in [9.17, 15) is 4.79 Å². The van der Waals surface area contributed by atoms with Gasteiger partial charge >= 0.3 is 5.97 Å². The van der Waals surface area contributed by atoms with Crippen LogP contribution in [0.3, 0.4) is 0 Å². The smallest absolute Gasteiger partial charge is 0.338 e. The molecule has 0 fully saturated rings. The maximum absolute atomic E-state index is 11.6. The first-order valence-corrected chi connectivity index (χ1v) is 6.54. The van der Waals surface area contributed by atoms with Gasteiger partial charge in [-0.1, -0.05) is 41.4 Å². The zero-order chi connectivity index (χ0) is 14.5. The van der Waals surface area contributed by atoms with E-state index < -0.39 is 5.97 Å². The van der Waals surface area contributed by atoms with Crippen molar-refractivity contribution in [1.29, 1.82) is 0 Å². The Labute approximate surface area is 126 Å². The van der Waals surface area contributed by atoms with Crippen LogP contribution in [0.25, 0.3) is 0 Å². The molecule has 2 aromatic rings. The number of hydrogen-bond acceptors (Lipinski definition) is 3. The molecule has 2 rings (SSSR count). The normalized spacial score (nSPS) is 10.8. The topological polar surface area (TPSA) is 38.7 Å². The van der Waals surface area contributed by atoms with E-state index >= 15 is 0 Å². The SMILES string of the molecule is COC(=O)c1ccccc1C=Nc1ccc(Cl)c(Cl)c1. The molecule has 0 atom stereocenters. The molecule has 0 unspecified atom stereocenters. The number of benzene rings is 2. The van der Waals surface area contributed by atoms with Crippen LogP contribution in [-0.4, -0.2) is 19.3 Å². The predicted octanol–water partition coefficient (Wildman–Crippen LogP) is 4.53. The molecule has 3 nitrogen and oxygen atoms in total. The summed E-state index contributed by atoms with van der Waals surface area (Å²) in [6, 6.07) is 12.1. The highest BCUT2D eigenvalue weighted by atomic mass is 35.5. The van der Waals surface area contributed by atoms with Crippen molar-refractivity contribution in [2.24, 2.45) is 4.99 Å². The van der Waals surface area contributed by atoms with Crippen LogP contribution in [0.1, 0.15) is 15.9 Å². The predicted molar refractivity (Wildman–Crippen MR) is 81.5 cm³/mol. The fourth-order valence-corrected chi connectivity index (χ4v) is 1.91. The monoisotopic (exact) mass is 307 g/mol. The minimum absolute atomic E-state index is 0.402. The maximum atomic E-state index is 11.6. The van der Waals surface area contributed by atoms with Gasteiger partial charge in [-0.15, -0.1) is 0 Å². The molecule has 0 saturated heterocycles. The standard InChI is InChI=1S/C15H11Cl2NO2/c1-20-15(19)12-5-3-2-4-10(12)9-18-11-6-7-13(16)14(17)8-11/h2-9H,1H3. The minimum atomic E-state index is -0.402. The van der Waals surface area contributed by atoms with E-state index in [0.717, 1.165) is 0 Å². The summed E-state index contributed by atoms with van der Waals surface area (Å²) in [6.07, 6.45) is 1.59. The molecule has 0 aromatic heterocycles. The fourth-order valence-electron chi connectivity index (χ4n) is 1.61. The van der Waals surface area contributed by atoms with Crippen molar-refractivity contribution in [2.45, 2.75) is 0 Å². The number of ether oxygens (including phenoxy) is 1. The van der Waals surface area contributed by atoms with Crippen LogP contribution >= 0.6 is 23.2 Å². The molecule has 102 valence electrons. The third-order valence-corrected chi connectivity index (χ3v) is 3.36. The second kappa shape index (κ2) is 6.55. The first-order chi connectivity index (χ1) is 9.61. The van der Waals surface area contributed by atoms with Gasteiger partial charge in [0.2, 0.25) is 0 Å². The van der Waals surface area contributed by atoms with Gasteiger partial charge in [-0.2, -0.15) is 0 Å². The maximum Gasteiger partial charge on any atom is 0.338 e. The number of rotatable bonds is 3. The Morgan fingerprint density at radius 1 is 1.15 bits per heavy atom. The first kappa shape index (κ1) is 14.6. The molecule has 0 amide bonds. The summed E-state index contributed by atoms with van der Waals surface area (Å²) in [5.74, 6) is -0.402. The van der Waals surface area contributed by atoms with Crippen molar-refractivity contribution in [3.8, 4) is 0 Å². The molecule has 0 bridgehead atoms. The molecule has 0 heterocycles. The van der Waals surface area contributed by atoms with Gasteiger partial charge in [-0.25, -0.2) is 4.79 Å². The van der Waals surface area contributed by atoms with Crippen molar-refractivity contribution in [3.05, 3.63) is 63.6 Å². The number of methoxy groups -OCH3 is 1. The Morgan fingerprint density at radius 2 is 1.90 bits per heavy atom. The molecule has 0 saturated carbocycles. The van der Waals surface area contributed by atoms with Gasteiger partial charge in [0.1, 0.15) is 0 Å². The number of carbonyl (C=O) groups is 1. The van der Waals surface area contributed by atoms with Gasteiger partial charge in [0.15, 0.2) is 0 Å². The third-order valence-electron chi connectivity index (χ3n) is 2.62. The number of nitrogens with zero attached hydrogens (tertiary/aromatic N) is 1. The number of carbonyl (C=O) groups excluding carboxylic acids is 1. The van der Waals surface area contributed by atoms with Crippen molar-refractivity contribution in [1.82, 2.24) is 0 Å². The lowest BCUT2D eigenvalue weighted by atomic mass is 10.1. The summed E-state index contributed by atoms with van der Waals surface area (Å²) in [5, 5.41) is 0.906. The molecular weight excluding hydrogens is 297 g/mol. The van der Waals surface area contributed by atoms with E-state index in [2.05, 4.69) is 4.99 Å². The van der Waals surface area contributed by atoms with Gasteiger partial charge in [-0.05, 0) is 24.3 Å². The van der Waals surface area contributed by atoms with E-state index in [4.69, 9.17) is 27.9 Å². The van der Waals surface area contributed by atoms with Gasteiger partial charge in [-0.3, -0.25) is 4.99 Å². The van der Waals surface area contributed by atoms with Crippen LogP contribution in [0.2, 0.25) is 10.0 Å². The lowest BCUT2D eigenvalue weighted by Crippen LogP contribution is -2.04. The number of aliphatic imine (C=N–C) groups is 1. The van der Waals surface area contributed by atoms with Crippen molar-refractivity contribution in [2.75, 3.05) is 7.11 Å². The summed E-state index contributed by atoms with van der Waals surface area (Å²) in [4.78, 5) is 15.9. The summed E-state index contributed by atoms with van der Waals surface area (Å²) < 4.78 is 4.72. The van der Waals surface area contributed by atoms with Gasteiger partial charge < -0.3 is 4.74 Å². The summed E-state index contributed by atoms with van der Waals surface area (Å²) in [5.41, 5.74) is 1.78. The van der Waals surface area contributed by atoms with Gasteiger partial charge in [0.25, 0.3) is 0 Å². The number of halogens is 2. The van der Waals surface area contributed by atoms with Crippen LogP contribution < -0.4 is 0 Å². The van der Waals surface area contributed by atoms with Gasteiger partial charge in [0, 0.05) is 11.8 Å². The first-order valence-electron chi connectivity index (χ1n) is 5.78. The van der Waals surface area contributed by atoms with Crippen molar-refractivity contribution in [3.63, 3.8) is 0 Å². The lowest BCUT2D eigenvalue weighted by molar-refractivity contribution is 0.0600. The van der Waals surface area contributed by atoms with Crippen molar-refractivity contribution >= 4 is 41.1 Å². The van der Waals surface area contributed by atoms with E-state index in [1.807, 2.05) is 6.07 Å². The quantitative estimate of drug-likeness (QED) is 0.617. The molecule has 0 aliphatic rings. The molecule has 0 spiro atoms. The number of hydrogen-bond donors (Lipinski definition) is 0. The fraction of sp³-hybridized carbons (Fsp3) is 0.0667.